The Morgan fingerprint density at radius 3 is 2.47 bits per heavy atom. The topological polar surface area (TPSA) is 18.5 Å². The van der Waals surface area contributed by atoms with Crippen molar-refractivity contribution >= 4 is 20.9 Å². The Labute approximate surface area is 111 Å². The summed E-state index contributed by atoms with van der Waals surface area (Å²) in [4.78, 5) is 0. The van der Waals surface area contributed by atoms with Crippen molar-refractivity contribution in [2.24, 2.45) is 0 Å². The highest BCUT2D eigenvalue weighted by Gasteiger charge is 2.11. The van der Waals surface area contributed by atoms with Crippen LogP contribution < -0.4 is 0 Å². The van der Waals surface area contributed by atoms with Crippen molar-refractivity contribution in [3.8, 4) is 0 Å². The highest BCUT2D eigenvalue weighted by atomic mass is 35.5. The van der Waals surface area contributed by atoms with Crippen LogP contribution in [0.1, 0.15) is 25.8 Å². The molecule has 2 nitrogen and oxygen atoms in total. The molecular weight excluding hydrogens is 252 g/mol. The molecule has 1 aromatic carbocycles. The smallest absolute Gasteiger partial charge is 0.321 e. The predicted molar refractivity (Wildman–Crippen MR) is 75.0 cm³/mol. The normalized spacial score (nSPS) is 11.1. The zero-order chi connectivity index (χ0) is 12.5. The van der Waals surface area contributed by atoms with Crippen LogP contribution in [0.15, 0.2) is 24.3 Å². The molecule has 0 atom stereocenters. The van der Waals surface area contributed by atoms with Crippen molar-refractivity contribution in [1.82, 2.24) is 0 Å². The van der Waals surface area contributed by atoms with Crippen LogP contribution >= 0.6 is 11.6 Å². The lowest BCUT2D eigenvalue weighted by molar-refractivity contribution is 0.213. The van der Waals surface area contributed by atoms with Gasteiger partial charge in [-0.1, -0.05) is 23.7 Å². The van der Waals surface area contributed by atoms with E-state index in [9.17, 15) is 0 Å². The van der Waals surface area contributed by atoms with Gasteiger partial charge in [0.25, 0.3) is 0 Å². The Morgan fingerprint density at radius 1 is 1.18 bits per heavy atom. The minimum Gasteiger partial charge on any atom is -0.397 e. The van der Waals surface area contributed by atoms with E-state index in [0.29, 0.717) is 0 Å². The summed E-state index contributed by atoms with van der Waals surface area (Å²) in [5.74, 6) is 0. The molecule has 1 aromatic rings. The lowest BCUT2D eigenvalue weighted by atomic mass is 10.1. The molecule has 0 fully saturated rings. The van der Waals surface area contributed by atoms with E-state index in [1.807, 2.05) is 32.0 Å². The zero-order valence-corrected chi connectivity index (χ0v) is 12.5. The van der Waals surface area contributed by atoms with E-state index in [-0.39, 0.29) is 0 Å². The first kappa shape index (κ1) is 14.7. The number of hydrogen-bond acceptors (Lipinski definition) is 2. The van der Waals surface area contributed by atoms with Gasteiger partial charge in [0.15, 0.2) is 0 Å². The van der Waals surface area contributed by atoms with Crippen LogP contribution in [0.3, 0.4) is 0 Å². The molecule has 0 aliphatic heterocycles. The van der Waals surface area contributed by atoms with E-state index in [1.54, 1.807) is 0 Å². The van der Waals surface area contributed by atoms with Crippen molar-refractivity contribution in [2.75, 3.05) is 13.2 Å². The van der Waals surface area contributed by atoms with Gasteiger partial charge in [-0.15, -0.1) is 0 Å². The van der Waals surface area contributed by atoms with Crippen molar-refractivity contribution in [1.29, 1.82) is 0 Å². The second-order valence-electron chi connectivity index (χ2n) is 3.86. The average Bonchev–Trinajstić information content (AvgIpc) is 2.30. The largest absolute Gasteiger partial charge is 0.397 e. The van der Waals surface area contributed by atoms with Crippen LogP contribution in [-0.4, -0.2) is 22.5 Å². The third-order valence-electron chi connectivity index (χ3n) is 2.50. The van der Waals surface area contributed by atoms with Gasteiger partial charge in [-0.25, -0.2) is 0 Å². The Hall–Kier alpha value is -0.353. The maximum absolute atomic E-state index is 5.95. The fraction of sp³-hybridized carbons (Fsp3) is 0.538. The fourth-order valence-electron chi connectivity index (χ4n) is 1.75. The highest BCUT2D eigenvalue weighted by molar-refractivity contribution is 6.44. The van der Waals surface area contributed by atoms with Crippen LogP contribution in [0.2, 0.25) is 11.1 Å². The minimum absolute atomic E-state index is 0.758. The van der Waals surface area contributed by atoms with E-state index >= 15 is 0 Å². The van der Waals surface area contributed by atoms with E-state index < -0.39 is 9.28 Å². The fourth-order valence-corrected chi connectivity index (χ4v) is 3.68. The highest BCUT2D eigenvalue weighted by Crippen LogP contribution is 2.14. The zero-order valence-electron chi connectivity index (χ0n) is 10.6. The summed E-state index contributed by atoms with van der Waals surface area (Å²) < 4.78 is 11.3. The standard InChI is InChI=1S/C13H21ClO2Si/c1-3-15-17(16-4-2)10-6-8-12-7-5-9-13(14)11-12/h5,7,9,11,17H,3-4,6,8,10H2,1-2H3. The van der Waals surface area contributed by atoms with E-state index in [2.05, 4.69) is 6.07 Å². The summed E-state index contributed by atoms with van der Waals surface area (Å²) in [5.41, 5.74) is 1.29. The minimum atomic E-state index is -1.42. The van der Waals surface area contributed by atoms with Gasteiger partial charge in [0.2, 0.25) is 0 Å². The van der Waals surface area contributed by atoms with Crippen LogP contribution in [0, 0.1) is 0 Å². The van der Waals surface area contributed by atoms with Gasteiger partial charge >= 0.3 is 9.28 Å². The molecule has 0 radical (unpaired) electrons. The Kier molecular flexibility index (Phi) is 7.52. The molecule has 1 rings (SSSR count). The van der Waals surface area contributed by atoms with Gasteiger partial charge in [-0.2, -0.15) is 0 Å². The maximum atomic E-state index is 5.95. The Balaban J connectivity index is 2.30. The third kappa shape index (κ3) is 6.22. The quantitative estimate of drug-likeness (QED) is 0.674. The molecule has 0 aliphatic carbocycles. The Morgan fingerprint density at radius 2 is 1.88 bits per heavy atom. The van der Waals surface area contributed by atoms with Crippen LogP contribution in [0.5, 0.6) is 0 Å². The molecule has 0 amide bonds. The molecule has 0 aromatic heterocycles. The van der Waals surface area contributed by atoms with Gasteiger partial charge in [-0.05, 0) is 50.4 Å². The molecular formula is C13H21ClO2Si. The summed E-state index contributed by atoms with van der Waals surface area (Å²) >= 11 is 5.95. The van der Waals surface area contributed by atoms with E-state index in [1.165, 1.54) is 5.56 Å². The maximum Gasteiger partial charge on any atom is 0.321 e. The first-order valence-electron chi connectivity index (χ1n) is 6.24. The van der Waals surface area contributed by atoms with Crippen molar-refractivity contribution in [2.45, 2.75) is 32.7 Å². The van der Waals surface area contributed by atoms with Crippen molar-refractivity contribution < 1.29 is 8.85 Å². The van der Waals surface area contributed by atoms with Gasteiger partial charge in [0, 0.05) is 18.2 Å². The van der Waals surface area contributed by atoms with Crippen LogP contribution in [-0.2, 0) is 15.3 Å². The lowest BCUT2D eigenvalue weighted by Gasteiger charge is -2.14. The third-order valence-corrected chi connectivity index (χ3v) is 5.02. The molecule has 0 bridgehead atoms. The van der Waals surface area contributed by atoms with E-state index in [4.69, 9.17) is 20.5 Å². The molecule has 0 saturated heterocycles. The SMILES string of the molecule is CCO[SiH](CCCc1cccc(Cl)c1)OCC. The number of hydrogen-bond donors (Lipinski definition) is 0. The first-order chi connectivity index (χ1) is 8.26. The summed E-state index contributed by atoms with van der Waals surface area (Å²) in [5, 5.41) is 0.811. The number of benzene rings is 1. The molecule has 0 aliphatic rings. The second-order valence-corrected chi connectivity index (χ2v) is 6.40. The monoisotopic (exact) mass is 272 g/mol. The molecule has 0 saturated carbocycles. The summed E-state index contributed by atoms with van der Waals surface area (Å²) in [7, 11) is -1.42. The van der Waals surface area contributed by atoms with Crippen LogP contribution in [0.25, 0.3) is 0 Å². The molecule has 4 heteroatoms. The molecule has 0 heterocycles. The second kappa shape index (κ2) is 8.70. The molecule has 17 heavy (non-hydrogen) atoms. The molecule has 0 N–H and O–H groups in total. The predicted octanol–water partition coefficient (Wildman–Crippen LogP) is 3.57. The van der Waals surface area contributed by atoms with Crippen molar-refractivity contribution in [3.05, 3.63) is 34.9 Å². The Bertz CT molecular complexity index is 314. The number of halogens is 1. The van der Waals surface area contributed by atoms with Gasteiger partial charge < -0.3 is 8.85 Å². The molecule has 96 valence electrons. The molecule has 0 unspecified atom stereocenters. The number of aryl methyl sites for hydroxylation is 1. The van der Waals surface area contributed by atoms with Gasteiger partial charge in [0.05, 0.1) is 0 Å². The van der Waals surface area contributed by atoms with Crippen LogP contribution in [0.4, 0.5) is 0 Å². The average molecular weight is 273 g/mol. The first-order valence-corrected chi connectivity index (χ1v) is 8.37. The summed E-state index contributed by atoms with van der Waals surface area (Å²) in [6.07, 6.45) is 2.15. The lowest BCUT2D eigenvalue weighted by Crippen LogP contribution is -2.22. The summed E-state index contributed by atoms with van der Waals surface area (Å²) in [6, 6.07) is 9.11. The van der Waals surface area contributed by atoms with Gasteiger partial charge in [0.1, 0.15) is 0 Å². The number of rotatable bonds is 8. The van der Waals surface area contributed by atoms with E-state index in [0.717, 1.165) is 37.1 Å². The van der Waals surface area contributed by atoms with Gasteiger partial charge in [-0.3, -0.25) is 0 Å². The molecule has 0 spiro atoms. The summed E-state index contributed by atoms with van der Waals surface area (Å²) in [6.45, 7) is 5.56. The van der Waals surface area contributed by atoms with Crippen molar-refractivity contribution in [3.63, 3.8) is 0 Å².